The number of benzene rings is 1. The topological polar surface area (TPSA) is 109 Å². The quantitative estimate of drug-likeness (QED) is 0.619. The Morgan fingerprint density at radius 3 is 2.47 bits per heavy atom. The lowest BCUT2D eigenvalue weighted by molar-refractivity contribution is -0.131. The molecule has 0 unspecified atom stereocenters. The highest BCUT2D eigenvalue weighted by molar-refractivity contribution is 5.97. The minimum atomic E-state index is -0.313. The molecule has 0 spiro atoms. The maximum Gasteiger partial charge on any atom is 0.251 e. The third-order valence-corrected chi connectivity index (χ3v) is 5.90. The molecule has 2 heterocycles. The van der Waals surface area contributed by atoms with Crippen LogP contribution in [0.5, 0.6) is 11.5 Å². The van der Waals surface area contributed by atoms with Gasteiger partial charge in [-0.2, -0.15) is 5.10 Å². The van der Waals surface area contributed by atoms with Crippen LogP contribution >= 0.6 is 0 Å². The Labute approximate surface area is 187 Å². The minimum absolute atomic E-state index is 0.0329. The van der Waals surface area contributed by atoms with Gasteiger partial charge in [0.15, 0.2) is 17.3 Å². The molecular weight excluding hydrogens is 410 g/mol. The van der Waals surface area contributed by atoms with E-state index in [0.717, 1.165) is 24.5 Å². The second-order valence-corrected chi connectivity index (χ2v) is 8.22. The van der Waals surface area contributed by atoms with Crippen LogP contribution in [-0.4, -0.2) is 64.7 Å². The predicted molar refractivity (Wildman–Crippen MR) is 118 cm³/mol. The first-order chi connectivity index (χ1) is 15.6. The Hall–Kier alpha value is -3.10. The van der Waals surface area contributed by atoms with E-state index in [2.05, 4.69) is 20.5 Å². The van der Waals surface area contributed by atoms with Crippen LogP contribution in [0.3, 0.4) is 0 Å². The zero-order valence-corrected chi connectivity index (χ0v) is 18.7. The minimum Gasteiger partial charge on any atom is -0.490 e. The van der Waals surface area contributed by atoms with Crippen molar-refractivity contribution in [2.75, 3.05) is 32.8 Å². The Morgan fingerprint density at radius 2 is 1.78 bits per heavy atom. The number of nitrogens with zero attached hydrogens (tertiary/aromatic N) is 3. The van der Waals surface area contributed by atoms with Gasteiger partial charge in [-0.1, -0.05) is 0 Å². The van der Waals surface area contributed by atoms with Crippen LogP contribution in [0, 0.1) is 0 Å². The molecule has 1 aromatic heterocycles. The smallest absolute Gasteiger partial charge is 0.251 e. The van der Waals surface area contributed by atoms with E-state index in [1.165, 1.54) is 12.8 Å². The fourth-order valence-corrected chi connectivity index (χ4v) is 3.96. The molecule has 1 saturated carbocycles. The predicted octanol–water partition coefficient (Wildman–Crippen LogP) is 2.62. The number of ether oxygens (including phenoxy) is 2. The van der Waals surface area contributed by atoms with Gasteiger partial charge in [0.1, 0.15) is 5.82 Å². The maximum atomic E-state index is 12.6. The summed E-state index contributed by atoms with van der Waals surface area (Å²) in [6.07, 6.45) is 4.05. The van der Waals surface area contributed by atoms with Gasteiger partial charge < -0.3 is 19.7 Å². The third-order valence-electron chi connectivity index (χ3n) is 5.90. The molecule has 2 aliphatic rings. The van der Waals surface area contributed by atoms with E-state index < -0.39 is 0 Å². The van der Waals surface area contributed by atoms with Crippen LogP contribution in [0.4, 0.5) is 0 Å². The van der Waals surface area contributed by atoms with E-state index in [-0.39, 0.29) is 18.4 Å². The van der Waals surface area contributed by atoms with E-state index in [1.807, 2.05) is 13.8 Å². The van der Waals surface area contributed by atoms with Crippen molar-refractivity contribution in [1.82, 2.24) is 25.4 Å². The molecule has 1 saturated heterocycles. The molecule has 2 N–H and O–H groups in total. The van der Waals surface area contributed by atoms with E-state index in [0.29, 0.717) is 55.2 Å². The van der Waals surface area contributed by atoms with E-state index in [9.17, 15) is 9.59 Å². The first-order valence-corrected chi connectivity index (χ1v) is 11.5. The molecule has 0 atom stereocenters. The first kappa shape index (κ1) is 22.1. The molecule has 32 heavy (non-hydrogen) atoms. The molecule has 2 aromatic rings. The molecule has 172 valence electrons. The average Bonchev–Trinajstić information content (AvgIpc) is 3.55. The number of nitrogens with one attached hydrogen (secondary N) is 2. The molecular formula is C23H31N5O4. The summed E-state index contributed by atoms with van der Waals surface area (Å²) in [5.41, 5.74) is 0.431. The Bertz CT molecular complexity index is 948. The summed E-state index contributed by atoms with van der Waals surface area (Å²) in [5.74, 6) is 3.43. The van der Waals surface area contributed by atoms with Crippen molar-refractivity contribution in [2.45, 2.75) is 51.4 Å². The normalized spacial score (nSPS) is 16.6. The number of likely N-dealkylation sites (tertiary alicyclic amines) is 1. The van der Waals surface area contributed by atoms with Gasteiger partial charge in [0.05, 0.1) is 19.8 Å². The van der Waals surface area contributed by atoms with Gasteiger partial charge >= 0.3 is 0 Å². The van der Waals surface area contributed by atoms with Gasteiger partial charge in [-0.3, -0.25) is 14.7 Å². The number of piperidine rings is 1. The van der Waals surface area contributed by atoms with Crippen LogP contribution in [0.25, 0.3) is 0 Å². The van der Waals surface area contributed by atoms with Crippen molar-refractivity contribution >= 4 is 11.8 Å². The van der Waals surface area contributed by atoms with Crippen molar-refractivity contribution in [3.05, 3.63) is 35.4 Å². The first-order valence-electron chi connectivity index (χ1n) is 11.5. The van der Waals surface area contributed by atoms with Crippen molar-refractivity contribution in [2.24, 2.45) is 0 Å². The van der Waals surface area contributed by atoms with Crippen molar-refractivity contribution in [3.8, 4) is 11.5 Å². The van der Waals surface area contributed by atoms with Crippen LogP contribution < -0.4 is 14.8 Å². The zero-order valence-electron chi connectivity index (χ0n) is 18.7. The molecule has 0 radical (unpaired) electrons. The molecule has 1 aliphatic heterocycles. The van der Waals surface area contributed by atoms with Crippen molar-refractivity contribution in [1.29, 1.82) is 0 Å². The van der Waals surface area contributed by atoms with Crippen LogP contribution in [0.1, 0.15) is 73.4 Å². The molecule has 0 bridgehead atoms. The molecule has 1 aromatic carbocycles. The molecule has 2 fully saturated rings. The van der Waals surface area contributed by atoms with E-state index in [4.69, 9.17) is 9.47 Å². The van der Waals surface area contributed by atoms with Crippen LogP contribution in [0.15, 0.2) is 18.2 Å². The van der Waals surface area contributed by atoms with Gasteiger partial charge in [-0.05, 0) is 57.7 Å². The van der Waals surface area contributed by atoms with Gasteiger partial charge in [0, 0.05) is 30.5 Å². The number of hydrogen-bond donors (Lipinski definition) is 2. The van der Waals surface area contributed by atoms with Crippen LogP contribution in [0.2, 0.25) is 0 Å². The second kappa shape index (κ2) is 10.0. The summed E-state index contributed by atoms with van der Waals surface area (Å²) in [7, 11) is 0. The number of aromatic amines is 1. The number of hydrogen-bond acceptors (Lipinski definition) is 6. The largest absolute Gasteiger partial charge is 0.490 e. The second-order valence-electron chi connectivity index (χ2n) is 8.22. The SMILES string of the molecule is CCOc1ccc(C(=O)NCC(=O)N2CCC(c3nc(C4CC4)n[nH]3)CC2)cc1OCC. The number of carbonyl (C=O) groups is 2. The maximum absolute atomic E-state index is 12.6. The highest BCUT2D eigenvalue weighted by Crippen LogP contribution is 2.38. The van der Waals surface area contributed by atoms with Gasteiger partial charge in [-0.25, -0.2) is 4.98 Å². The fraction of sp³-hybridized carbons (Fsp3) is 0.565. The van der Waals surface area contributed by atoms with Crippen molar-refractivity contribution < 1.29 is 19.1 Å². The zero-order chi connectivity index (χ0) is 22.5. The molecule has 4 rings (SSSR count). The lowest BCUT2D eigenvalue weighted by Crippen LogP contribution is -2.43. The number of H-pyrrole nitrogens is 1. The lowest BCUT2D eigenvalue weighted by Gasteiger charge is -2.31. The summed E-state index contributed by atoms with van der Waals surface area (Å²) in [5, 5.41) is 10.1. The summed E-state index contributed by atoms with van der Waals surface area (Å²) in [4.78, 5) is 31.6. The number of carbonyl (C=O) groups excluding carboxylic acids is 2. The summed E-state index contributed by atoms with van der Waals surface area (Å²) >= 11 is 0. The van der Waals surface area contributed by atoms with E-state index in [1.54, 1.807) is 23.1 Å². The molecule has 2 amide bonds. The van der Waals surface area contributed by atoms with Crippen molar-refractivity contribution in [3.63, 3.8) is 0 Å². The summed E-state index contributed by atoms with van der Waals surface area (Å²) in [6, 6.07) is 5.04. The standard InChI is InChI=1S/C23H31N5O4/c1-3-31-18-8-7-17(13-19(18)32-4-2)23(30)24-14-20(29)28-11-9-16(10-12-28)22-25-21(26-27-22)15-5-6-15/h7-8,13,15-16H,3-6,9-12,14H2,1-2H3,(H,24,30)(H,25,26,27). The molecule has 1 aliphatic carbocycles. The van der Waals surface area contributed by atoms with Crippen LogP contribution in [-0.2, 0) is 4.79 Å². The highest BCUT2D eigenvalue weighted by Gasteiger charge is 2.30. The lowest BCUT2D eigenvalue weighted by atomic mass is 9.96. The fourth-order valence-electron chi connectivity index (χ4n) is 3.96. The third kappa shape index (κ3) is 5.20. The van der Waals surface area contributed by atoms with Gasteiger partial charge in [-0.15, -0.1) is 0 Å². The molecule has 9 nitrogen and oxygen atoms in total. The summed E-state index contributed by atoms with van der Waals surface area (Å²) < 4.78 is 11.1. The number of amides is 2. The van der Waals surface area contributed by atoms with Gasteiger partial charge in [0.25, 0.3) is 5.91 Å². The Balaban J connectivity index is 1.26. The van der Waals surface area contributed by atoms with E-state index >= 15 is 0 Å². The number of aromatic nitrogens is 3. The van der Waals surface area contributed by atoms with Gasteiger partial charge in [0.2, 0.25) is 5.91 Å². The highest BCUT2D eigenvalue weighted by atomic mass is 16.5. The number of rotatable bonds is 9. The Morgan fingerprint density at radius 1 is 1.06 bits per heavy atom. The monoisotopic (exact) mass is 441 g/mol. The average molecular weight is 442 g/mol. The Kier molecular flexibility index (Phi) is 6.92. The molecule has 9 heteroatoms. The summed E-state index contributed by atoms with van der Waals surface area (Å²) in [6.45, 7) is 6.01.